The molecular weight excluding hydrogens is 346 g/mol. The summed E-state index contributed by atoms with van der Waals surface area (Å²) in [4.78, 5) is 6.59. The van der Waals surface area contributed by atoms with Crippen molar-refractivity contribution in [3.8, 4) is 22.2 Å². The van der Waals surface area contributed by atoms with Crippen LogP contribution in [0.15, 0.2) is 26.5 Å². The fraction of sp³-hybridized carbons (Fsp3) is 0.167. The highest BCUT2D eigenvalue weighted by molar-refractivity contribution is 9.10. The molecule has 0 amide bonds. The summed E-state index contributed by atoms with van der Waals surface area (Å²) < 4.78 is 6.33. The van der Waals surface area contributed by atoms with Gasteiger partial charge in [0.05, 0.1) is 15.4 Å². The van der Waals surface area contributed by atoms with Crippen LogP contribution in [0.25, 0.3) is 22.2 Å². The van der Waals surface area contributed by atoms with Crippen molar-refractivity contribution >= 4 is 43.6 Å². The predicted octanol–water partition coefficient (Wildman–Crippen LogP) is 4.43. The lowest BCUT2D eigenvalue weighted by atomic mass is 10.2. The average Bonchev–Trinajstić information content (AvgIpc) is 3.07. The van der Waals surface area contributed by atoms with Crippen molar-refractivity contribution in [3.05, 3.63) is 26.9 Å². The summed E-state index contributed by atoms with van der Waals surface area (Å²) in [5, 5.41) is 6.71. The van der Waals surface area contributed by atoms with E-state index in [4.69, 9.17) is 10.3 Å². The average molecular weight is 356 g/mol. The van der Waals surface area contributed by atoms with Crippen molar-refractivity contribution in [3.63, 3.8) is 0 Å². The minimum absolute atomic E-state index is 0.480. The van der Waals surface area contributed by atoms with Gasteiger partial charge in [-0.05, 0) is 34.5 Å². The zero-order valence-electron chi connectivity index (χ0n) is 10.0. The molecule has 0 bridgehead atoms. The van der Waals surface area contributed by atoms with E-state index in [1.807, 2.05) is 17.5 Å². The van der Waals surface area contributed by atoms with Crippen LogP contribution in [0.3, 0.4) is 0 Å². The largest absolute Gasteiger partial charge is 0.390 e. The van der Waals surface area contributed by atoms with Crippen LogP contribution in [0.4, 0.5) is 5.00 Å². The first-order valence-electron chi connectivity index (χ1n) is 5.64. The Labute approximate surface area is 126 Å². The molecule has 3 aromatic rings. The second-order valence-electron chi connectivity index (χ2n) is 3.90. The van der Waals surface area contributed by atoms with Crippen LogP contribution in [0, 0.1) is 0 Å². The SMILES string of the molecule is CCc1cc(-c2nc(-c3cc(Br)cs3)no2)c(N)s1. The number of nitrogens with two attached hydrogens (primary N) is 1. The monoisotopic (exact) mass is 355 g/mol. The van der Waals surface area contributed by atoms with Crippen LogP contribution in [0.5, 0.6) is 0 Å². The second kappa shape index (κ2) is 5.07. The first kappa shape index (κ1) is 12.8. The smallest absolute Gasteiger partial charge is 0.261 e. The van der Waals surface area contributed by atoms with Crippen LogP contribution in [0.2, 0.25) is 0 Å². The van der Waals surface area contributed by atoms with E-state index < -0.39 is 0 Å². The molecule has 98 valence electrons. The van der Waals surface area contributed by atoms with Crippen molar-refractivity contribution in [2.24, 2.45) is 0 Å². The Balaban J connectivity index is 1.98. The third-order valence-electron chi connectivity index (χ3n) is 2.60. The molecule has 0 atom stereocenters. The van der Waals surface area contributed by atoms with E-state index >= 15 is 0 Å². The molecule has 0 aliphatic carbocycles. The fourth-order valence-corrected chi connectivity index (χ4v) is 3.87. The third kappa shape index (κ3) is 2.45. The lowest BCUT2D eigenvalue weighted by Crippen LogP contribution is -1.83. The maximum absolute atomic E-state index is 5.99. The van der Waals surface area contributed by atoms with Crippen LogP contribution >= 0.6 is 38.6 Å². The molecule has 3 rings (SSSR count). The van der Waals surface area contributed by atoms with Gasteiger partial charge in [0.1, 0.15) is 0 Å². The highest BCUT2D eigenvalue weighted by Crippen LogP contribution is 2.35. The van der Waals surface area contributed by atoms with Gasteiger partial charge in [-0.3, -0.25) is 0 Å². The van der Waals surface area contributed by atoms with Crippen molar-refractivity contribution in [2.45, 2.75) is 13.3 Å². The topological polar surface area (TPSA) is 64.9 Å². The summed E-state index contributed by atoms with van der Waals surface area (Å²) in [6.07, 6.45) is 0.952. The zero-order valence-corrected chi connectivity index (χ0v) is 13.2. The normalized spacial score (nSPS) is 11.1. The van der Waals surface area contributed by atoms with E-state index in [2.05, 4.69) is 33.0 Å². The number of nitrogens with zero attached hydrogens (tertiary/aromatic N) is 2. The van der Waals surface area contributed by atoms with Crippen LogP contribution in [-0.4, -0.2) is 10.1 Å². The van der Waals surface area contributed by atoms with Crippen molar-refractivity contribution in [1.29, 1.82) is 0 Å². The molecule has 7 heteroatoms. The summed E-state index contributed by atoms with van der Waals surface area (Å²) in [5.74, 6) is 1.07. The van der Waals surface area contributed by atoms with Crippen LogP contribution < -0.4 is 5.73 Å². The van der Waals surface area contributed by atoms with Crippen molar-refractivity contribution in [2.75, 3.05) is 5.73 Å². The number of aryl methyl sites for hydroxylation is 1. The molecule has 0 unspecified atom stereocenters. The number of rotatable bonds is 3. The quantitative estimate of drug-likeness (QED) is 0.754. The fourth-order valence-electron chi connectivity index (χ4n) is 1.66. The van der Waals surface area contributed by atoms with E-state index in [0.717, 1.165) is 26.3 Å². The van der Waals surface area contributed by atoms with Crippen LogP contribution in [-0.2, 0) is 6.42 Å². The first-order valence-corrected chi connectivity index (χ1v) is 8.13. The van der Waals surface area contributed by atoms with E-state index in [9.17, 15) is 0 Å². The zero-order chi connectivity index (χ0) is 13.4. The molecule has 0 fully saturated rings. The lowest BCUT2D eigenvalue weighted by Gasteiger charge is -1.88. The molecule has 2 N–H and O–H groups in total. The summed E-state index contributed by atoms with van der Waals surface area (Å²) in [6, 6.07) is 3.98. The van der Waals surface area contributed by atoms with Crippen molar-refractivity contribution in [1.82, 2.24) is 10.1 Å². The van der Waals surface area contributed by atoms with Gasteiger partial charge in [-0.2, -0.15) is 4.98 Å². The second-order valence-corrected chi connectivity index (χ2v) is 6.89. The summed E-state index contributed by atoms with van der Waals surface area (Å²) in [5.41, 5.74) is 6.82. The molecule has 0 saturated heterocycles. The number of anilines is 1. The molecular formula is C12H10BrN3OS2. The first-order chi connectivity index (χ1) is 9.17. The van der Waals surface area contributed by atoms with E-state index in [-0.39, 0.29) is 0 Å². The number of halogens is 1. The number of thiophene rings is 2. The van der Waals surface area contributed by atoms with Gasteiger partial charge in [-0.15, -0.1) is 22.7 Å². The number of aromatic nitrogens is 2. The molecule has 0 radical (unpaired) electrons. The van der Waals surface area contributed by atoms with Gasteiger partial charge >= 0.3 is 0 Å². The maximum Gasteiger partial charge on any atom is 0.261 e. The Morgan fingerprint density at radius 2 is 2.26 bits per heavy atom. The minimum atomic E-state index is 0.480. The molecule has 3 heterocycles. The Morgan fingerprint density at radius 1 is 1.42 bits per heavy atom. The Morgan fingerprint density at radius 3 is 2.89 bits per heavy atom. The summed E-state index contributed by atoms with van der Waals surface area (Å²) in [6.45, 7) is 2.09. The molecule has 0 aliphatic rings. The highest BCUT2D eigenvalue weighted by atomic mass is 79.9. The molecule has 4 nitrogen and oxygen atoms in total. The molecule has 19 heavy (non-hydrogen) atoms. The highest BCUT2D eigenvalue weighted by Gasteiger charge is 2.16. The van der Waals surface area contributed by atoms with Gasteiger partial charge in [0.2, 0.25) is 5.82 Å². The van der Waals surface area contributed by atoms with Gasteiger partial charge in [0, 0.05) is 14.7 Å². The van der Waals surface area contributed by atoms with E-state index in [1.165, 1.54) is 4.88 Å². The molecule has 0 spiro atoms. The number of nitrogen functional groups attached to an aromatic ring is 1. The summed E-state index contributed by atoms with van der Waals surface area (Å²) >= 11 is 6.54. The van der Waals surface area contributed by atoms with Gasteiger partial charge in [-0.25, -0.2) is 0 Å². The molecule has 0 aliphatic heterocycles. The van der Waals surface area contributed by atoms with Gasteiger partial charge in [0.15, 0.2) is 0 Å². The lowest BCUT2D eigenvalue weighted by molar-refractivity contribution is 0.432. The molecule has 0 aromatic carbocycles. The standard InChI is InChI=1S/C12H10BrN3OS2/c1-2-7-4-8(10(14)19-7)12-15-11(16-17-12)9-3-6(13)5-18-9/h3-5H,2,14H2,1H3. The van der Waals surface area contributed by atoms with E-state index in [0.29, 0.717) is 11.7 Å². The Bertz CT molecular complexity index is 716. The van der Waals surface area contributed by atoms with E-state index in [1.54, 1.807) is 22.7 Å². The molecule has 3 aromatic heterocycles. The Kier molecular flexibility index (Phi) is 3.42. The number of hydrogen-bond acceptors (Lipinski definition) is 6. The van der Waals surface area contributed by atoms with Gasteiger partial charge < -0.3 is 10.3 Å². The van der Waals surface area contributed by atoms with Gasteiger partial charge in [-0.1, -0.05) is 12.1 Å². The maximum atomic E-state index is 5.99. The third-order valence-corrected chi connectivity index (χ3v) is 5.40. The van der Waals surface area contributed by atoms with Crippen LogP contribution in [0.1, 0.15) is 11.8 Å². The predicted molar refractivity (Wildman–Crippen MR) is 82.4 cm³/mol. The Hall–Kier alpha value is -1.18. The minimum Gasteiger partial charge on any atom is -0.390 e. The summed E-state index contributed by atoms with van der Waals surface area (Å²) in [7, 11) is 0. The number of hydrogen-bond donors (Lipinski definition) is 1. The van der Waals surface area contributed by atoms with Crippen molar-refractivity contribution < 1.29 is 4.52 Å². The van der Waals surface area contributed by atoms with Gasteiger partial charge in [0.25, 0.3) is 5.89 Å². The molecule has 0 saturated carbocycles.